The van der Waals surface area contributed by atoms with Gasteiger partial charge >= 0.3 is 0 Å². The Labute approximate surface area is 108 Å². The van der Waals surface area contributed by atoms with Gasteiger partial charge in [0.2, 0.25) is 0 Å². The van der Waals surface area contributed by atoms with Gasteiger partial charge in [0.25, 0.3) is 0 Å². The van der Waals surface area contributed by atoms with Crippen LogP contribution >= 0.6 is 11.3 Å². The Hall–Kier alpha value is -1.30. The predicted molar refractivity (Wildman–Crippen MR) is 69.1 cm³/mol. The van der Waals surface area contributed by atoms with E-state index in [1.54, 1.807) is 6.07 Å². The number of nitrogens with zero attached hydrogens (tertiary/aromatic N) is 1. The largest absolute Gasteiger partial charge is 0.379 e. The number of thiazole rings is 1. The lowest BCUT2D eigenvalue weighted by Gasteiger charge is -2.39. The third-order valence-corrected chi connectivity index (χ3v) is 4.16. The van der Waals surface area contributed by atoms with E-state index in [0.717, 1.165) is 16.3 Å². The van der Waals surface area contributed by atoms with E-state index in [-0.39, 0.29) is 11.2 Å². The molecule has 5 heteroatoms. The average Bonchev–Trinajstić information content (AvgIpc) is 2.78. The molecule has 0 spiro atoms. The van der Waals surface area contributed by atoms with Gasteiger partial charge in [-0.25, -0.2) is 9.37 Å². The summed E-state index contributed by atoms with van der Waals surface area (Å²) in [4.78, 5) is 4.58. The van der Waals surface area contributed by atoms with Crippen molar-refractivity contribution in [2.75, 3.05) is 19.8 Å². The summed E-state index contributed by atoms with van der Waals surface area (Å²) < 4.78 is 18.4. The molecule has 0 atom stereocenters. The minimum Gasteiger partial charge on any atom is -0.379 e. The second-order valence-corrected chi connectivity index (χ2v) is 5.38. The molecule has 1 aromatic carbocycles. The molecule has 1 fully saturated rings. The maximum absolute atomic E-state index is 13.2. The zero-order valence-corrected chi connectivity index (χ0v) is 10.5. The van der Waals surface area contributed by atoms with E-state index in [0.29, 0.717) is 19.8 Å². The smallest absolute Gasteiger partial charge is 0.123 e. The molecule has 0 amide bonds. The lowest BCUT2D eigenvalue weighted by molar-refractivity contribution is -0.0568. The van der Waals surface area contributed by atoms with Crippen LogP contribution in [0.5, 0.6) is 0 Å². The van der Waals surface area contributed by atoms with Gasteiger partial charge in [-0.05, 0) is 12.1 Å². The van der Waals surface area contributed by atoms with Gasteiger partial charge in [-0.3, -0.25) is 0 Å². The first-order valence-electron chi connectivity index (χ1n) is 5.73. The Balaban J connectivity index is 1.94. The standard InChI is InChI=1S/C13H13FN2OS/c14-10-3-1-2-9(4-10)12-16-11(5-18-12)13(6-15)7-17-8-13/h1-5H,6-8,15H2. The summed E-state index contributed by atoms with van der Waals surface area (Å²) in [5.41, 5.74) is 7.42. The van der Waals surface area contributed by atoms with Crippen molar-refractivity contribution < 1.29 is 9.13 Å². The van der Waals surface area contributed by atoms with Gasteiger partial charge in [-0.1, -0.05) is 12.1 Å². The van der Waals surface area contributed by atoms with Crippen LogP contribution in [0, 0.1) is 5.82 Å². The van der Waals surface area contributed by atoms with Gasteiger partial charge < -0.3 is 10.5 Å². The summed E-state index contributed by atoms with van der Waals surface area (Å²) in [6.45, 7) is 1.77. The third-order valence-electron chi connectivity index (χ3n) is 3.27. The van der Waals surface area contributed by atoms with Crippen LogP contribution in [0.4, 0.5) is 4.39 Å². The molecular weight excluding hydrogens is 251 g/mol. The number of ether oxygens (including phenoxy) is 1. The molecule has 1 aliphatic heterocycles. The first-order chi connectivity index (χ1) is 8.73. The molecule has 3 rings (SSSR count). The summed E-state index contributed by atoms with van der Waals surface area (Å²) in [5, 5.41) is 2.82. The number of aromatic nitrogens is 1. The maximum atomic E-state index is 13.2. The van der Waals surface area contributed by atoms with Crippen molar-refractivity contribution in [2.24, 2.45) is 5.73 Å². The van der Waals surface area contributed by atoms with Crippen molar-refractivity contribution in [1.82, 2.24) is 4.98 Å². The van der Waals surface area contributed by atoms with Gasteiger partial charge in [0, 0.05) is 17.5 Å². The normalized spacial score (nSPS) is 17.4. The number of rotatable bonds is 3. The highest BCUT2D eigenvalue weighted by molar-refractivity contribution is 7.13. The summed E-state index contributed by atoms with van der Waals surface area (Å²) >= 11 is 1.51. The lowest BCUT2D eigenvalue weighted by Crippen LogP contribution is -2.52. The van der Waals surface area contributed by atoms with E-state index in [1.165, 1.54) is 23.5 Å². The van der Waals surface area contributed by atoms with Crippen LogP contribution in [0.2, 0.25) is 0 Å². The lowest BCUT2D eigenvalue weighted by atomic mass is 9.83. The quantitative estimate of drug-likeness (QED) is 0.924. The number of nitrogens with two attached hydrogens (primary N) is 1. The second kappa shape index (κ2) is 4.42. The Morgan fingerprint density at radius 2 is 2.28 bits per heavy atom. The second-order valence-electron chi connectivity index (χ2n) is 4.53. The zero-order valence-electron chi connectivity index (χ0n) is 9.73. The van der Waals surface area contributed by atoms with Gasteiger partial charge in [-0.2, -0.15) is 0 Å². The molecule has 18 heavy (non-hydrogen) atoms. The summed E-state index contributed by atoms with van der Waals surface area (Å²) in [7, 11) is 0. The molecule has 2 aromatic rings. The van der Waals surface area contributed by atoms with Crippen molar-refractivity contribution in [2.45, 2.75) is 5.41 Å². The van der Waals surface area contributed by atoms with Gasteiger partial charge in [0.05, 0.1) is 24.3 Å². The van der Waals surface area contributed by atoms with E-state index >= 15 is 0 Å². The Morgan fingerprint density at radius 3 is 2.89 bits per heavy atom. The number of halogens is 1. The minimum atomic E-state index is -0.246. The summed E-state index contributed by atoms with van der Waals surface area (Å²) in [6, 6.07) is 6.48. The third kappa shape index (κ3) is 1.84. The molecule has 1 aliphatic rings. The van der Waals surface area contributed by atoms with Crippen molar-refractivity contribution in [3.05, 3.63) is 41.2 Å². The van der Waals surface area contributed by atoms with E-state index in [1.807, 2.05) is 11.4 Å². The fourth-order valence-corrected chi connectivity index (χ4v) is 2.93. The molecule has 94 valence electrons. The van der Waals surface area contributed by atoms with Crippen LogP contribution in [0.1, 0.15) is 5.69 Å². The highest BCUT2D eigenvalue weighted by Gasteiger charge is 2.41. The van der Waals surface area contributed by atoms with E-state index < -0.39 is 0 Å². The average molecular weight is 264 g/mol. The Bertz CT molecular complexity index is 560. The summed E-state index contributed by atoms with van der Waals surface area (Å²) in [5.74, 6) is -0.246. The van der Waals surface area contributed by atoms with Crippen LogP contribution in [-0.2, 0) is 10.2 Å². The molecule has 2 heterocycles. The van der Waals surface area contributed by atoms with E-state index in [4.69, 9.17) is 10.5 Å². The zero-order chi connectivity index (χ0) is 12.6. The highest BCUT2D eigenvalue weighted by Crippen LogP contribution is 2.34. The molecule has 0 radical (unpaired) electrons. The van der Waals surface area contributed by atoms with Crippen molar-refractivity contribution >= 4 is 11.3 Å². The molecule has 0 aliphatic carbocycles. The van der Waals surface area contributed by atoms with Crippen molar-refractivity contribution in [3.63, 3.8) is 0 Å². The number of hydrogen-bond acceptors (Lipinski definition) is 4. The molecule has 2 N–H and O–H groups in total. The van der Waals surface area contributed by atoms with Crippen LogP contribution < -0.4 is 5.73 Å². The molecule has 1 saturated heterocycles. The SMILES string of the molecule is NCC1(c2csc(-c3cccc(F)c3)n2)COC1. The van der Waals surface area contributed by atoms with Crippen LogP contribution in [0.25, 0.3) is 10.6 Å². The monoisotopic (exact) mass is 264 g/mol. The first kappa shape index (κ1) is 11.8. The number of hydrogen-bond donors (Lipinski definition) is 1. The molecule has 0 saturated carbocycles. The van der Waals surface area contributed by atoms with Crippen LogP contribution in [0.15, 0.2) is 29.6 Å². The fraction of sp³-hybridized carbons (Fsp3) is 0.308. The minimum absolute atomic E-state index is 0.137. The molecular formula is C13H13FN2OS. The van der Waals surface area contributed by atoms with Crippen LogP contribution in [0.3, 0.4) is 0 Å². The van der Waals surface area contributed by atoms with Gasteiger partial charge in [0.1, 0.15) is 10.8 Å². The topological polar surface area (TPSA) is 48.1 Å². The number of benzene rings is 1. The highest BCUT2D eigenvalue weighted by atomic mass is 32.1. The molecule has 0 unspecified atom stereocenters. The molecule has 3 nitrogen and oxygen atoms in total. The van der Waals surface area contributed by atoms with Crippen molar-refractivity contribution in [3.8, 4) is 10.6 Å². The first-order valence-corrected chi connectivity index (χ1v) is 6.61. The van der Waals surface area contributed by atoms with Gasteiger partial charge in [-0.15, -0.1) is 11.3 Å². The molecule has 0 bridgehead atoms. The summed E-state index contributed by atoms with van der Waals surface area (Å²) in [6.07, 6.45) is 0. The van der Waals surface area contributed by atoms with E-state index in [2.05, 4.69) is 4.98 Å². The predicted octanol–water partition coefficient (Wildman–Crippen LogP) is 2.18. The van der Waals surface area contributed by atoms with Gasteiger partial charge in [0.15, 0.2) is 0 Å². The van der Waals surface area contributed by atoms with Crippen molar-refractivity contribution in [1.29, 1.82) is 0 Å². The Morgan fingerprint density at radius 1 is 1.44 bits per heavy atom. The fourth-order valence-electron chi connectivity index (χ4n) is 1.99. The van der Waals surface area contributed by atoms with E-state index in [9.17, 15) is 4.39 Å². The molecule has 1 aromatic heterocycles. The van der Waals surface area contributed by atoms with Crippen LogP contribution in [-0.4, -0.2) is 24.7 Å². The maximum Gasteiger partial charge on any atom is 0.123 e. The Kier molecular flexibility index (Phi) is 2.89.